The highest BCUT2D eigenvalue weighted by Crippen LogP contribution is 2.43. The molecule has 1 unspecified atom stereocenters. The number of rotatable bonds is 6. The predicted molar refractivity (Wildman–Crippen MR) is 76.6 cm³/mol. The fourth-order valence-corrected chi connectivity index (χ4v) is 1.70. The standard InChI is InChI=1S/C15H26FNO4/c1-10(2)9-20-12(18)11(8-15(16)6-7-15)17-13(19)21-14(3,4)5/h10-11H,6-9H2,1-5H3,(H,17,19). The van der Waals surface area contributed by atoms with Crippen LogP contribution in [-0.4, -0.2) is 36.0 Å². The number of carbonyl (C=O) groups is 2. The van der Waals surface area contributed by atoms with E-state index in [4.69, 9.17) is 9.47 Å². The molecule has 1 amide bonds. The lowest BCUT2D eigenvalue weighted by Gasteiger charge is -2.23. The van der Waals surface area contributed by atoms with Gasteiger partial charge in [-0.15, -0.1) is 0 Å². The Hall–Kier alpha value is -1.33. The van der Waals surface area contributed by atoms with Gasteiger partial charge in [-0.25, -0.2) is 14.0 Å². The molecule has 1 saturated carbocycles. The maximum atomic E-state index is 13.9. The van der Waals surface area contributed by atoms with Crippen LogP contribution in [0.1, 0.15) is 53.9 Å². The molecular formula is C15H26FNO4. The summed E-state index contributed by atoms with van der Waals surface area (Å²) in [5.41, 5.74) is -2.04. The van der Waals surface area contributed by atoms with Crippen molar-refractivity contribution in [1.29, 1.82) is 0 Å². The molecule has 1 aliphatic carbocycles. The van der Waals surface area contributed by atoms with E-state index in [9.17, 15) is 14.0 Å². The van der Waals surface area contributed by atoms with E-state index < -0.39 is 29.4 Å². The molecule has 0 aromatic rings. The number of ether oxygens (including phenoxy) is 2. The summed E-state index contributed by atoms with van der Waals surface area (Å²) < 4.78 is 24.1. The lowest BCUT2D eigenvalue weighted by atomic mass is 10.1. The number of carbonyl (C=O) groups excluding carboxylic acids is 2. The molecule has 0 radical (unpaired) electrons. The molecule has 1 fully saturated rings. The van der Waals surface area contributed by atoms with Crippen LogP contribution in [0, 0.1) is 5.92 Å². The number of alkyl halides is 1. The van der Waals surface area contributed by atoms with Crippen LogP contribution in [0.2, 0.25) is 0 Å². The zero-order valence-electron chi connectivity index (χ0n) is 13.5. The third kappa shape index (κ3) is 7.29. The summed E-state index contributed by atoms with van der Waals surface area (Å²) >= 11 is 0. The predicted octanol–water partition coefficient (Wildman–Crippen LogP) is 2.97. The minimum absolute atomic E-state index is 0.0663. The van der Waals surface area contributed by atoms with Crippen molar-refractivity contribution in [2.45, 2.75) is 71.2 Å². The first-order valence-electron chi connectivity index (χ1n) is 7.36. The molecule has 0 aromatic carbocycles. The van der Waals surface area contributed by atoms with Crippen molar-refractivity contribution < 1.29 is 23.5 Å². The number of esters is 1. The van der Waals surface area contributed by atoms with E-state index >= 15 is 0 Å². The largest absolute Gasteiger partial charge is 0.464 e. The normalized spacial score (nSPS) is 18.0. The molecule has 1 aliphatic rings. The van der Waals surface area contributed by atoms with E-state index in [1.54, 1.807) is 20.8 Å². The molecule has 0 heterocycles. The highest BCUT2D eigenvalue weighted by atomic mass is 19.1. The Morgan fingerprint density at radius 3 is 2.29 bits per heavy atom. The van der Waals surface area contributed by atoms with Crippen molar-refractivity contribution in [3.8, 4) is 0 Å². The summed E-state index contributed by atoms with van der Waals surface area (Å²) in [7, 11) is 0. The average Bonchev–Trinajstić information content (AvgIpc) is 3.00. The third-order valence-electron chi connectivity index (χ3n) is 2.90. The van der Waals surface area contributed by atoms with Gasteiger partial charge in [-0.1, -0.05) is 13.8 Å². The lowest BCUT2D eigenvalue weighted by Crippen LogP contribution is -2.46. The Morgan fingerprint density at radius 2 is 1.86 bits per heavy atom. The van der Waals surface area contributed by atoms with Gasteiger partial charge in [0.25, 0.3) is 0 Å². The highest BCUT2D eigenvalue weighted by molar-refractivity contribution is 5.81. The summed E-state index contributed by atoms with van der Waals surface area (Å²) in [4.78, 5) is 23.7. The van der Waals surface area contributed by atoms with E-state index in [0.29, 0.717) is 12.8 Å². The molecule has 122 valence electrons. The fraction of sp³-hybridized carbons (Fsp3) is 0.867. The number of amides is 1. The molecule has 1 N–H and O–H groups in total. The maximum Gasteiger partial charge on any atom is 0.408 e. The van der Waals surface area contributed by atoms with Crippen LogP contribution in [0.5, 0.6) is 0 Å². The Balaban J connectivity index is 2.59. The molecule has 0 bridgehead atoms. The second kappa shape index (κ2) is 6.62. The topological polar surface area (TPSA) is 64.6 Å². The second-order valence-corrected chi connectivity index (χ2v) is 7.08. The number of hydrogen-bond acceptors (Lipinski definition) is 4. The summed E-state index contributed by atoms with van der Waals surface area (Å²) in [6.45, 7) is 9.20. The molecule has 1 rings (SSSR count). The summed E-state index contributed by atoms with van der Waals surface area (Å²) in [6, 6.07) is -1.01. The van der Waals surface area contributed by atoms with Gasteiger partial charge in [-0.3, -0.25) is 0 Å². The van der Waals surface area contributed by atoms with E-state index in [-0.39, 0.29) is 18.9 Å². The minimum Gasteiger partial charge on any atom is -0.464 e. The van der Waals surface area contributed by atoms with Crippen LogP contribution in [0.25, 0.3) is 0 Å². The number of hydrogen-bond donors (Lipinski definition) is 1. The minimum atomic E-state index is -1.36. The average molecular weight is 303 g/mol. The van der Waals surface area contributed by atoms with E-state index in [1.165, 1.54) is 0 Å². The number of nitrogens with one attached hydrogen (secondary N) is 1. The van der Waals surface area contributed by atoms with E-state index in [1.807, 2.05) is 13.8 Å². The molecule has 21 heavy (non-hydrogen) atoms. The summed E-state index contributed by atoms with van der Waals surface area (Å²) in [5, 5.41) is 2.42. The quantitative estimate of drug-likeness (QED) is 0.766. The highest BCUT2D eigenvalue weighted by Gasteiger charge is 2.47. The molecule has 0 saturated heterocycles. The zero-order valence-corrected chi connectivity index (χ0v) is 13.5. The maximum absolute atomic E-state index is 13.9. The van der Waals surface area contributed by atoms with Gasteiger partial charge >= 0.3 is 12.1 Å². The molecular weight excluding hydrogens is 277 g/mol. The Kier molecular flexibility index (Phi) is 5.59. The van der Waals surface area contributed by atoms with Crippen molar-refractivity contribution in [2.75, 3.05) is 6.61 Å². The first-order chi connectivity index (χ1) is 9.51. The van der Waals surface area contributed by atoms with Gasteiger partial charge in [0.1, 0.15) is 17.3 Å². The van der Waals surface area contributed by atoms with Crippen molar-refractivity contribution in [3.63, 3.8) is 0 Å². The Morgan fingerprint density at radius 1 is 1.29 bits per heavy atom. The molecule has 0 spiro atoms. The van der Waals surface area contributed by atoms with Crippen LogP contribution in [0.15, 0.2) is 0 Å². The monoisotopic (exact) mass is 303 g/mol. The third-order valence-corrected chi connectivity index (χ3v) is 2.90. The smallest absolute Gasteiger partial charge is 0.408 e. The first kappa shape index (κ1) is 17.7. The van der Waals surface area contributed by atoms with E-state index in [0.717, 1.165) is 0 Å². The van der Waals surface area contributed by atoms with Crippen LogP contribution >= 0.6 is 0 Å². The Bertz CT molecular complexity index is 386. The van der Waals surface area contributed by atoms with Gasteiger partial charge < -0.3 is 14.8 Å². The lowest BCUT2D eigenvalue weighted by molar-refractivity contribution is -0.148. The molecule has 0 aromatic heterocycles. The van der Waals surface area contributed by atoms with Gasteiger partial charge in [0, 0.05) is 6.42 Å². The van der Waals surface area contributed by atoms with Crippen LogP contribution in [0.3, 0.4) is 0 Å². The van der Waals surface area contributed by atoms with Gasteiger partial charge in [0.15, 0.2) is 0 Å². The summed E-state index contributed by atoms with van der Waals surface area (Å²) in [5.74, 6) is -0.435. The number of alkyl carbamates (subject to hydrolysis) is 1. The molecule has 1 atom stereocenters. The van der Waals surface area contributed by atoms with Crippen molar-refractivity contribution >= 4 is 12.1 Å². The van der Waals surface area contributed by atoms with Crippen LogP contribution in [0.4, 0.5) is 9.18 Å². The van der Waals surface area contributed by atoms with Crippen LogP contribution < -0.4 is 5.32 Å². The van der Waals surface area contributed by atoms with E-state index in [2.05, 4.69) is 5.32 Å². The number of halogens is 1. The Labute approximate surface area is 125 Å². The zero-order chi connectivity index (χ0) is 16.3. The SMILES string of the molecule is CC(C)COC(=O)C(CC1(F)CC1)NC(=O)OC(C)(C)C. The molecule has 5 nitrogen and oxygen atoms in total. The van der Waals surface area contributed by atoms with Gasteiger partial charge in [-0.2, -0.15) is 0 Å². The van der Waals surface area contributed by atoms with Gasteiger partial charge in [0.05, 0.1) is 6.61 Å². The first-order valence-corrected chi connectivity index (χ1v) is 7.36. The van der Waals surface area contributed by atoms with Crippen LogP contribution in [-0.2, 0) is 14.3 Å². The van der Waals surface area contributed by atoms with Gasteiger partial charge in [0.2, 0.25) is 0 Å². The summed E-state index contributed by atoms with van der Waals surface area (Å²) in [6.07, 6.45) is 0.0233. The van der Waals surface area contributed by atoms with Gasteiger partial charge in [-0.05, 0) is 39.5 Å². The molecule has 0 aliphatic heterocycles. The van der Waals surface area contributed by atoms with Crippen molar-refractivity contribution in [3.05, 3.63) is 0 Å². The fourth-order valence-electron chi connectivity index (χ4n) is 1.70. The van der Waals surface area contributed by atoms with Crippen molar-refractivity contribution in [1.82, 2.24) is 5.32 Å². The second-order valence-electron chi connectivity index (χ2n) is 7.08. The van der Waals surface area contributed by atoms with Crippen molar-refractivity contribution in [2.24, 2.45) is 5.92 Å². The molecule has 6 heteroatoms.